The normalized spacial score (nSPS) is 12.3. The molecule has 10 heavy (non-hydrogen) atoms. The molecule has 0 aromatic carbocycles. The van der Waals surface area contributed by atoms with E-state index in [0.29, 0.717) is 6.54 Å². The van der Waals surface area contributed by atoms with Crippen LogP contribution in [0.25, 0.3) is 0 Å². The molecule has 0 spiro atoms. The fourth-order valence-electron chi connectivity index (χ4n) is 0.296. The molecule has 0 aliphatic rings. The fourth-order valence-corrected chi connectivity index (χ4v) is 0.601. The molecule has 0 rings (SSSR count). The van der Waals surface area contributed by atoms with Crippen LogP contribution in [0.15, 0.2) is 0 Å². The van der Waals surface area contributed by atoms with Crippen LogP contribution in [-0.4, -0.2) is 33.3 Å². The van der Waals surface area contributed by atoms with Gasteiger partial charge in [0.15, 0.2) is 0 Å². The molecular formula is C4H10N2O3S. The summed E-state index contributed by atoms with van der Waals surface area (Å²) in [5, 5.41) is 0. The standard InChI is InChI=1S/C4H10N2O3S/c1-3-6(2)4(7)5-10(8)9/h3H2,1-2H3,(H,5,7)(H,8,9). The fraction of sp³-hybridized carbons (Fsp3) is 0.750. The average molecular weight is 166 g/mol. The van der Waals surface area contributed by atoms with Gasteiger partial charge < -0.3 is 4.90 Å². The Morgan fingerprint density at radius 3 is 2.60 bits per heavy atom. The predicted octanol–water partition coefficient (Wildman–Crippen LogP) is -0.216. The number of carbonyl (C=O) groups excluding carboxylic acids is 1. The third-order valence-electron chi connectivity index (χ3n) is 0.996. The van der Waals surface area contributed by atoms with E-state index in [1.165, 1.54) is 11.9 Å². The molecule has 1 atom stereocenters. The third-order valence-corrected chi connectivity index (χ3v) is 1.34. The van der Waals surface area contributed by atoms with Crippen LogP contribution in [0.4, 0.5) is 4.79 Å². The van der Waals surface area contributed by atoms with Crippen LogP contribution in [0.2, 0.25) is 0 Å². The summed E-state index contributed by atoms with van der Waals surface area (Å²) in [5.41, 5.74) is 0. The summed E-state index contributed by atoms with van der Waals surface area (Å²) in [5.74, 6) is 0. The largest absolute Gasteiger partial charge is 0.330 e. The summed E-state index contributed by atoms with van der Waals surface area (Å²) in [6.07, 6.45) is 0. The van der Waals surface area contributed by atoms with Gasteiger partial charge in [-0.2, -0.15) is 0 Å². The van der Waals surface area contributed by atoms with Crippen molar-refractivity contribution < 1.29 is 13.6 Å². The van der Waals surface area contributed by atoms with E-state index < -0.39 is 17.3 Å². The summed E-state index contributed by atoms with van der Waals surface area (Å²) in [6.45, 7) is 2.27. The first-order chi connectivity index (χ1) is 4.57. The van der Waals surface area contributed by atoms with Crippen molar-refractivity contribution in [2.45, 2.75) is 6.92 Å². The van der Waals surface area contributed by atoms with Crippen molar-refractivity contribution in [1.82, 2.24) is 9.62 Å². The van der Waals surface area contributed by atoms with Crippen molar-refractivity contribution in [3.05, 3.63) is 0 Å². The van der Waals surface area contributed by atoms with Gasteiger partial charge in [0.1, 0.15) is 0 Å². The van der Waals surface area contributed by atoms with Gasteiger partial charge >= 0.3 is 6.03 Å². The molecule has 2 N–H and O–H groups in total. The topological polar surface area (TPSA) is 69.6 Å². The van der Waals surface area contributed by atoms with E-state index in [1.54, 1.807) is 6.92 Å². The summed E-state index contributed by atoms with van der Waals surface area (Å²) in [6, 6.07) is -0.552. The molecule has 0 radical (unpaired) electrons. The molecule has 0 saturated heterocycles. The summed E-state index contributed by atoms with van der Waals surface area (Å²) >= 11 is -2.26. The SMILES string of the molecule is CCN(C)C(=O)NS(=O)O. The average Bonchev–Trinajstić information content (AvgIpc) is 1.85. The maximum atomic E-state index is 10.6. The van der Waals surface area contributed by atoms with Gasteiger partial charge in [-0.15, -0.1) is 0 Å². The van der Waals surface area contributed by atoms with Gasteiger partial charge in [-0.3, -0.25) is 4.55 Å². The summed E-state index contributed by atoms with van der Waals surface area (Å²) in [7, 11) is 1.53. The van der Waals surface area contributed by atoms with Crippen LogP contribution in [0.5, 0.6) is 0 Å². The lowest BCUT2D eigenvalue weighted by atomic mass is 10.6. The quantitative estimate of drug-likeness (QED) is 0.557. The van der Waals surface area contributed by atoms with Crippen LogP contribution in [0.3, 0.4) is 0 Å². The molecule has 0 aromatic rings. The Morgan fingerprint density at radius 2 is 2.30 bits per heavy atom. The molecule has 2 amide bonds. The van der Waals surface area contributed by atoms with Gasteiger partial charge in [0, 0.05) is 13.6 Å². The first-order valence-corrected chi connectivity index (χ1v) is 3.81. The minimum atomic E-state index is -2.26. The predicted molar refractivity (Wildman–Crippen MR) is 37.6 cm³/mol. The van der Waals surface area contributed by atoms with E-state index in [0.717, 1.165) is 0 Å². The van der Waals surface area contributed by atoms with E-state index >= 15 is 0 Å². The van der Waals surface area contributed by atoms with Gasteiger partial charge in [0.05, 0.1) is 0 Å². The molecule has 60 valence electrons. The van der Waals surface area contributed by atoms with Crippen molar-refractivity contribution in [3.8, 4) is 0 Å². The number of nitrogens with zero attached hydrogens (tertiary/aromatic N) is 1. The van der Waals surface area contributed by atoms with Gasteiger partial charge in [0.2, 0.25) is 0 Å². The molecule has 0 bridgehead atoms. The van der Waals surface area contributed by atoms with Gasteiger partial charge in [-0.1, -0.05) is 0 Å². The first-order valence-electron chi connectivity index (χ1n) is 2.70. The van der Waals surface area contributed by atoms with Crippen LogP contribution in [0.1, 0.15) is 6.92 Å². The Bertz CT molecular complexity index is 149. The Labute approximate surface area is 61.8 Å². The van der Waals surface area contributed by atoms with E-state index in [2.05, 4.69) is 0 Å². The molecular weight excluding hydrogens is 156 g/mol. The van der Waals surface area contributed by atoms with Gasteiger partial charge in [0.25, 0.3) is 11.3 Å². The molecule has 5 nitrogen and oxygen atoms in total. The van der Waals surface area contributed by atoms with Gasteiger partial charge in [-0.25, -0.2) is 13.7 Å². The second kappa shape index (κ2) is 4.24. The molecule has 1 unspecified atom stereocenters. The second-order valence-corrected chi connectivity index (χ2v) is 2.37. The monoisotopic (exact) mass is 166 g/mol. The highest BCUT2D eigenvalue weighted by molar-refractivity contribution is 7.77. The molecule has 0 aromatic heterocycles. The third kappa shape index (κ3) is 3.41. The maximum Gasteiger partial charge on any atom is 0.330 e. The van der Waals surface area contributed by atoms with E-state index in [4.69, 9.17) is 4.55 Å². The number of carbonyl (C=O) groups is 1. The summed E-state index contributed by atoms with van der Waals surface area (Å²) in [4.78, 5) is 11.9. The van der Waals surface area contributed by atoms with Crippen LogP contribution in [-0.2, 0) is 11.3 Å². The van der Waals surface area contributed by atoms with Crippen LogP contribution >= 0.6 is 0 Å². The highest BCUT2D eigenvalue weighted by Crippen LogP contribution is 1.81. The van der Waals surface area contributed by atoms with E-state index in [1.807, 2.05) is 4.72 Å². The second-order valence-electron chi connectivity index (χ2n) is 1.67. The minimum Gasteiger partial charge on any atom is -0.327 e. The molecule has 0 aliphatic carbocycles. The van der Waals surface area contributed by atoms with Crippen molar-refractivity contribution >= 4 is 17.3 Å². The number of urea groups is 1. The van der Waals surface area contributed by atoms with Crippen molar-refractivity contribution in [2.24, 2.45) is 0 Å². The number of nitrogens with one attached hydrogen (secondary N) is 1. The van der Waals surface area contributed by atoms with Crippen molar-refractivity contribution in [1.29, 1.82) is 0 Å². The molecule has 0 heterocycles. The zero-order valence-electron chi connectivity index (χ0n) is 5.83. The summed E-state index contributed by atoms with van der Waals surface area (Å²) < 4.78 is 20.0. The van der Waals surface area contributed by atoms with Crippen LogP contribution < -0.4 is 4.72 Å². The minimum absolute atomic E-state index is 0.503. The number of rotatable bonds is 2. The Hall–Kier alpha value is -0.620. The van der Waals surface area contributed by atoms with Crippen molar-refractivity contribution in [2.75, 3.05) is 13.6 Å². The zero-order valence-corrected chi connectivity index (χ0v) is 6.64. The Morgan fingerprint density at radius 1 is 1.80 bits per heavy atom. The smallest absolute Gasteiger partial charge is 0.327 e. The number of hydrogen-bond donors (Lipinski definition) is 2. The highest BCUT2D eigenvalue weighted by Gasteiger charge is 2.06. The molecule has 0 saturated carbocycles. The maximum absolute atomic E-state index is 10.6. The molecule has 6 heteroatoms. The Balaban J connectivity index is 3.73. The Kier molecular flexibility index (Phi) is 3.97. The molecule has 0 aliphatic heterocycles. The van der Waals surface area contributed by atoms with Crippen LogP contribution in [0, 0.1) is 0 Å². The number of amides is 2. The van der Waals surface area contributed by atoms with E-state index in [-0.39, 0.29) is 0 Å². The zero-order chi connectivity index (χ0) is 8.15. The number of hydrogen-bond acceptors (Lipinski definition) is 2. The van der Waals surface area contributed by atoms with Gasteiger partial charge in [-0.05, 0) is 6.92 Å². The first kappa shape index (κ1) is 9.38. The van der Waals surface area contributed by atoms with E-state index in [9.17, 15) is 9.00 Å². The van der Waals surface area contributed by atoms with Crippen molar-refractivity contribution in [3.63, 3.8) is 0 Å². The highest BCUT2D eigenvalue weighted by atomic mass is 32.2. The molecule has 0 fully saturated rings. The lowest BCUT2D eigenvalue weighted by molar-refractivity contribution is 0.217. The lowest BCUT2D eigenvalue weighted by Crippen LogP contribution is -2.37. The lowest BCUT2D eigenvalue weighted by Gasteiger charge is -2.12.